The number of nitrogens with one attached hydrogen (secondary N) is 1. The molecule has 5 heteroatoms. The van der Waals surface area contributed by atoms with Crippen molar-refractivity contribution in [1.29, 1.82) is 0 Å². The van der Waals surface area contributed by atoms with E-state index in [0.29, 0.717) is 13.1 Å². The van der Waals surface area contributed by atoms with Crippen LogP contribution in [0.25, 0.3) is 0 Å². The summed E-state index contributed by atoms with van der Waals surface area (Å²) in [6.07, 6.45) is 0.736. The summed E-state index contributed by atoms with van der Waals surface area (Å²) in [5.74, 6) is 0. The third-order valence-corrected chi connectivity index (χ3v) is 1.94. The van der Waals surface area contributed by atoms with Crippen molar-refractivity contribution in [2.24, 2.45) is 0 Å². The van der Waals surface area contributed by atoms with Gasteiger partial charge in [0, 0.05) is 39.3 Å². The van der Waals surface area contributed by atoms with Gasteiger partial charge in [0.15, 0.2) is 0 Å². The van der Waals surface area contributed by atoms with Crippen molar-refractivity contribution in [3.8, 4) is 0 Å². The molecule has 4 N–H and O–H groups in total. The van der Waals surface area contributed by atoms with E-state index in [1.54, 1.807) is 0 Å². The Labute approximate surface area is 85.4 Å². The Hall–Kier alpha value is -0.200. The van der Waals surface area contributed by atoms with E-state index >= 15 is 0 Å². The fourth-order valence-corrected chi connectivity index (χ4v) is 1.21. The zero-order chi connectivity index (χ0) is 10.6. The minimum atomic E-state index is 0.144. The van der Waals surface area contributed by atoms with E-state index in [1.807, 2.05) is 0 Å². The average molecular weight is 206 g/mol. The molecule has 0 unspecified atom stereocenters. The molecule has 0 aromatic heterocycles. The van der Waals surface area contributed by atoms with Crippen LogP contribution >= 0.6 is 0 Å². The third kappa shape index (κ3) is 8.40. The van der Waals surface area contributed by atoms with E-state index < -0.39 is 0 Å². The van der Waals surface area contributed by atoms with E-state index in [1.165, 1.54) is 0 Å². The number of hydrogen-bond acceptors (Lipinski definition) is 5. The summed E-state index contributed by atoms with van der Waals surface area (Å²) in [5, 5.41) is 29.0. The minimum Gasteiger partial charge on any atom is -0.396 e. The highest BCUT2D eigenvalue weighted by Crippen LogP contribution is 1.89. The highest BCUT2D eigenvalue weighted by molar-refractivity contribution is 4.59. The fourth-order valence-electron chi connectivity index (χ4n) is 1.21. The summed E-state index contributed by atoms with van der Waals surface area (Å²) in [7, 11) is 0. The number of aliphatic hydroxyl groups excluding tert-OH is 3. The molecule has 0 saturated carbocycles. The topological polar surface area (TPSA) is 76.0 Å². The maximum absolute atomic E-state index is 8.77. The first-order chi connectivity index (χ1) is 6.85. The first-order valence-corrected chi connectivity index (χ1v) is 5.10. The van der Waals surface area contributed by atoms with Crippen molar-refractivity contribution in [1.82, 2.24) is 10.2 Å². The normalized spacial score (nSPS) is 11.1. The lowest BCUT2D eigenvalue weighted by molar-refractivity contribution is 0.179. The Bertz CT molecular complexity index is 114. The number of hydrogen-bond donors (Lipinski definition) is 4. The quantitative estimate of drug-likeness (QED) is 0.319. The van der Waals surface area contributed by atoms with E-state index in [0.717, 1.165) is 26.1 Å². The predicted octanol–water partition coefficient (Wildman–Crippen LogP) is -1.75. The Kier molecular flexibility index (Phi) is 10.7. The first kappa shape index (κ1) is 13.8. The van der Waals surface area contributed by atoms with Crippen LogP contribution in [0.3, 0.4) is 0 Å². The molecule has 14 heavy (non-hydrogen) atoms. The lowest BCUT2D eigenvalue weighted by Crippen LogP contribution is -2.35. The highest BCUT2D eigenvalue weighted by Gasteiger charge is 2.02. The lowest BCUT2D eigenvalue weighted by atomic mass is 10.3. The summed E-state index contributed by atoms with van der Waals surface area (Å²) < 4.78 is 0. The van der Waals surface area contributed by atoms with Gasteiger partial charge in [0.05, 0.1) is 13.2 Å². The van der Waals surface area contributed by atoms with Gasteiger partial charge >= 0.3 is 0 Å². The molecule has 0 radical (unpaired) electrons. The van der Waals surface area contributed by atoms with Crippen LogP contribution in [0, 0.1) is 0 Å². The Morgan fingerprint density at radius 3 is 2.14 bits per heavy atom. The molecule has 0 heterocycles. The Morgan fingerprint density at radius 1 is 0.786 bits per heavy atom. The summed E-state index contributed by atoms with van der Waals surface area (Å²) in [5.41, 5.74) is 0. The largest absolute Gasteiger partial charge is 0.396 e. The molecular weight excluding hydrogens is 184 g/mol. The SMILES string of the molecule is OCCCN(CCO)CCNCCO. The summed E-state index contributed by atoms with van der Waals surface area (Å²) in [4.78, 5) is 2.08. The molecule has 0 aliphatic carbocycles. The first-order valence-electron chi connectivity index (χ1n) is 5.10. The number of nitrogens with zero attached hydrogens (tertiary/aromatic N) is 1. The number of rotatable bonds is 10. The summed E-state index contributed by atoms with van der Waals surface area (Å²) >= 11 is 0. The summed E-state index contributed by atoms with van der Waals surface area (Å²) in [6.45, 7) is 4.16. The van der Waals surface area contributed by atoms with E-state index in [-0.39, 0.29) is 19.8 Å². The molecule has 0 atom stereocenters. The van der Waals surface area contributed by atoms with Crippen molar-refractivity contribution in [3.63, 3.8) is 0 Å². The molecule has 0 spiro atoms. The van der Waals surface area contributed by atoms with Crippen molar-refractivity contribution >= 4 is 0 Å². The van der Waals surface area contributed by atoms with Crippen LogP contribution in [0.1, 0.15) is 6.42 Å². The average Bonchev–Trinajstić information content (AvgIpc) is 2.20. The molecule has 0 rings (SSSR count). The van der Waals surface area contributed by atoms with Gasteiger partial charge in [-0.3, -0.25) is 4.90 Å². The van der Waals surface area contributed by atoms with Crippen molar-refractivity contribution in [2.45, 2.75) is 6.42 Å². The fraction of sp³-hybridized carbons (Fsp3) is 1.00. The molecule has 86 valence electrons. The van der Waals surface area contributed by atoms with Gasteiger partial charge in [-0.25, -0.2) is 0 Å². The number of aliphatic hydroxyl groups is 3. The molecule has 0 bridgehead atoms. The molecular formula is C9H22N2O3. The second kappa shape index (κ2) is 10.9. The maximum atomic E-state index is 8.77. The smallest absolute Gasteiger partial charge is 0.0558 e. The Morgan fingerprint density at radius 2 is 1.57 bits per heavy atom. The standard InChI is InChI=1S/C9H22N2O3/c12-7-1-4-11(6-9-14)5-2-10-3-8-13/h10,12-14H,1-9H2. The van der Waals surface area contributed by atoms with Crippen LogP contribution in [0.15, 0.2) is 0 Å². The molecule has 0 fully saturated rings. The van der Waals surface area contributed by atoms with Gasteiger partial charge in [-0.2, -0.15) is 0 Å². The van der Waals surface area contributed by atoms with Gasteiger partial charge in [0.25, 0.3) is 0 Å². The zero-order valence-corrected chi connectivity index (χ0v) is 8.65. The molecule has 0 aliphatic rings. The van der Waals surface area contributed by atoms with Crippen LogP contribution in [0.2, 0.25) is 0 Å². The van der Waals surface area contributed by atoms with Crippen LogP contribution in [0.5, 0.6) is 0 Å². The van der Waals surface area contributed by atoms with Crippen LogP contribution in [-0.2, 0) is 0 Å². The van der Waals surface area contributed by atoms with Crippen molar-refractivity contribution in [3.05, 3.63) is 0 Å². The molecule has 0 aromatic rings. The van der Waals surface area contributed by atoms with E-state index in [2.05, 4.69) is 10.2 Å². The third-order valence-electron chi connectivity index (χ3n) is 1.94. The van der Waals surface area contributed by atoms with Gasteiger partial charge in [-0.05, 0) is 6.42 Å². The molecule has 0 aliphatic heterocycles. The minimum absolute atomic E-state index is 0.144. The summed E-state index contributed by atoms with van der Waals surface area (Å²) in [6, 6.07) is 0. The highest BCUT2D eigenvalue weighted by atomic mass is 16.3. The molecule has 0 aromatic carbocycles. The second-order valence-electron chi connectivity index (χ2n) is 3.12. The van der Waals surface area contributed by atoms with Crippen LogP contribution < -0.4 is 5.32 Å². The zero-order valence-electron chi connectivity index (χ0n) is 8.65. The molecule has 0 saturated heterocycles. The van der Waals surface area contributed by atoms with Gasteiger partial charge in [-0.1, -0.05) is 0 Å². The van der Waals surface area contributed by atoms with Crippen LogP contribution in [0.4, 0.5) is 0 Å². The molecule has 5 nitrogen and oxygen atoms in total. The monoisotopic (exact) mass is 206 g/mol. The predicted molar refractivity (Wildman–Crippen MR) is 55.2 cm³/mol. The van der Waals surface area contributed by atoms with Gasteiger partial charge in [0.1, 0.15) is 0 Å². The van der Waals surface area contributed by atoms with Gasteiger partial charge < -0.3 is 20.6 Å². The second-order valence-corrected chi connectivity index (χ2v) is 3.12. The van der Waals surface area contributed by atoms with E-state index in [9.17, 15) is 0 Å². The van der Waals surface area contributed by atoms with Crippen molar-refractivity contribution < 1.29 is 15.3 Å². The molecule has 0 amide bonds. The van der Waals surface area contributed by atoms with Crippen molar-refractivity contribution in [2.75, 3.05) is 52.5 Å². The van der Waals surface area contributed by atoms with Crippen LogP contribution in [-0.4, -0.2) is 72.8 Å². The van der Waals surface area contributed by atoms with E-state index in [4.69, 9.17) is 15.3 Å². The van der Waals surface area contributed by atoms with Gasteiger partial charge in [-0.15, -0.1) is 0 Å². The van der Waals surface area contributed by atoms with Gasteiger partial charge in [0.2, 0.25) is 0 Å². The Balaban J connectivity index is 3.40. The maximum Gasteiger partial charge on any atom is 0.0558 e. The lowest BCUT2D eigenvalue weighted by Gasteiger charge is -2.20.